The zero-order valence-electron chi connectivity index (χ0n) is 18.6. The lowest BCUT2D eigenvalue weighted by molar-refractivity contribution is -0.121. The molecule has 0 amide bonds. The standard InChI is InChI=1S/C26H39NO2S/c1-19(16-25-27-24(18-30-25)21-8-4-2-5-9-21)26(28)23-11-7-3-6-10-22(23)17-20-12-14-29-15-13-20/h18,20-23H,1-17H2. The molecule has 4 heteroatoms. The van der Waals surface area contributed by atoms with E-state index >= 15 is 0 Å². The first kappa shape index (κ1) is 22.2. The molecule has 2 aliphatic carbocycles. The number of thiazole rings is 1. The lowest BCUT2D eigenvalue weighted by Crippen LogP contribution is -2.28. The fraction of sp³-hybridized carbons (Fsp3) is 0.769. The van der Waals surface area contributed by atoms with Gasteiger partial charge >= 0.3 is 0 Å². The van der Waals surface area contributed by atoms with Crippen molar-refractivity contribution in [2.24, 2.45) is 17.8 Å². The number of allylic oxidation sites excluding steroid dienone is 1. The predicted octanol–water partition coefficient (Wildman–Crippen LogP) is 6.87. The molecule has 2 unspecified atom stereocenters. The number of hydrogen-bond acceptors (Lipinski definition) is 4. The topological polar surface area (TPSA) is 39.2 Å². The summed E-state index contributed by atoms with van der Waals surface area (Å²) in [6.45, 7) is 6.05. The van der Waals surface area contributed by atoms with E-state index < -0.39 is 0 Å². The van der Waals surface area contributed by atoms with Crippen LogP contribution in [0.2, 0.25) is 0 Å². The monoisotopic (exact) mass is 429 g/mol. The summed E-state index contributed by atoms with van der Waals surface area (Å²) in [5.41, 5.74) is 2.06. The van der Waals surface area contributed by atoms with Crippen LogP contribution in [0.5, 0.6) is 0 Å². The quantitative estimate of drug-likeness (QED) is 0.350. The van der Waals surface area contributed by atoms with Gasteiger partial charge in [-0.2, -0.15) is 0 Å². The van der Waals surface area contributed by atoms with Gasteiger partial charge in [-0.15, -0.1) is 11.3 Å². The molecule has 30 heavy (non-hydrogen) atoms. The van der Waals surface area contributed by atoms with Gasteiger partial charge in [0.15, 0.2) is 5.78 Å². The highest BCUT2D eigenvalue weighted by atomic mass is 32.1. The number of ether oxygens (including phenoxy) is 1. The number of nitrogens with zero attached hydrogens (tertiary/aromatic N) is 1. The minimum Gasteiger partial charge on any atom is -0.381 e. The smallest absolute Gasteiger partial charge is 0.162 e. The summed E-state index contributed by atoms with van der Waals surface area (Å²) in [6.07, 6.45) is 16.8. The van der Waals surface area contributed by atoms with Crippen molar-refractivity contribution in [3.05, 3.63) is 28.2 Å². The molecule has 1 aromatic rings. The second-order valence-corrected chi connectivity index (χ2v) is 10.9. The summed E-state index contributed by atoms with van der Waals surface area (Å²) in [5.74, 6) is 2.43. The molecular weight excluding hydrogens is 390 g/mol. The first-order valence-electron chi connectivity index (χ1n) is 12.4. The lowest BCUT2D eigenvalue weighted by Gasteiger charge is -2.30. The highest BCUT2D eigenvalue weighted by molar-refractivity contribution is 7.09. The Kier molecular flexibility index (Phi) is 8.17. The molecule has 3 fully saturated rings. The van der Waals surface area contributed by atoms with Crippen molar-refractivity contribution in [2.75, 3.05) is 13.2 Å². The summed E-state index contributed by atoms with van der Waals surface area (Å²) in [7, 11) is 0. The second-order valence-electron chi connectivity index (χ2n) is 9.94. The Morgan fingerprint density at radius 1 is 1.00 bits per heavy atom. The van der Waals surface area contributed by atoms with E-state index in [2.05, 4.69) is 12.0 Å². The zero-order valence-corrected chi connectivity index (χ0v) is 19.4. The Balaban J connectivity index is 1.37. The Morgan fingerprint density at radius 3 is 2.47 bits per heavy atom. The van der Waals surface area contributed by atoms with E-state index in [4.69, 9.17) is 9.72 Å². The van der Waals surface area contributed by atoms with Crippen LogP contribution in [0.3, 0.4) is 0 Å². The molecule has 3 nitrogen and oxygen atoms in total. The third-order valence-corrected chi connectivity index (χ3v) is 8.65. The SMILES string of the molecule is C=C(Cc1nc(C2CCCCC2)cs1)C(=O)C1CCCCCC1CC1CCOCC1. The van der Waals surface area contributed by atoms with Crippen molar-refractivity contribution in [1.29, 1.82) is 0 Å². The Morgan fingerprint density at radius 2 is 1.70 bits per heavy atom. The predicted molar refractivity (Wildman–Crippen MR) is 124 cm³/mol. The van der Waals surface area contributed by atoms with Crippen LogP contribution in [0.1, 0.15) is 100 Å². The van der Waals surface area contributed by atoms with Crippen molar-refractivity contribution < 1.29 is 9.53 Å². The molecule has 0 aromatic carbocycles. The maximum absolute atomic E-state index is 13.5. The van der Waals surface area contributed by atoms with Crippen LogP contribution in [0.25, 0.3) is 0 Å². The highest BCUT2D eigenvalue weighted by Crippen LogP contribution is 2.38. The van der Waals surface area contributed by atoms with Crippen LogP contribution in [0.15, 0.2) is 17.5 Å². The van der Waals surface area contributed by atoms with Gasteiger partial charge in [-0.1, -0.05) is 45.1 Å². The number of aromatic nitrogens is 1. The van der Waals surface area contributed by atoms with Crippen LogP contribution in [0, 0.1) is 17.8 Å². The number of Topliss-reactive ketones (excluding diaryl/α,β-unsaturated/α-hetero) is 1. The van der Waals surface area contributed by atoms with Gasteiger partial charge in [-0.3, -0.25) is 4.79 Å². The van der Waals surface area contributed by atoms with E-state index in [1.807, 2.05) is 0 Å². The number of ketones is 1. The van der Waals surface area contributed by atoms with E-state index in [9.17, 15) is 4.79 Å². The average Bonchev–Trinajstić information content (AvgIpc) is 3.13. The molecule has 166 valence electrons. The fourth-order valence-corrected chi connectivity index (χ4v) is 6.86. The minimum atomic E-state index is 0.181. The maximum Gasteiger partial charge on any atom is 0.162 e. The molecule has 4 rings (SSSR count). The maximum atomic E-state index is 13.5. The highest BCUT2D eigenvalue weighted by Gasteiger charge is 2.33. The van der Waals surface area contributed by atoms with Crippen molar-refractivity contribution in [3.8, 4) is 0 Å². The number of rotatable bonds is 7. The van der Waals surface area contributed by atoms with E-state index in [0.29, 0.717) is 24.0 Å². The molecule has 0 N–H and O–H groups in total. The first-order valence-corrected chi connectivity index (χ1v) is 13.3. The summed E-state index contributed by atoms with van der Waals surface area (Å²) < 4.78 is 5.55. The third-order valence-electron chi connectivity index (χ3n) is 7.78. The van der Waals surface area contributed by atoms with Crippen molar-refractivity contribution in [3.63, 3.8) is 0 Å². The van der Waals surface area contributed by atoms with Gasteiger partial charge in [0.1, 0.15) is 0 Å². The van der Waals surface area contributed by atoms with Gasteiger partial charge in [0, 0.05) is 36.9 Å². The van der Waals surface area contributed by atoms with Gasteiger partial charge in [-0.25, -0.2) is 4.98 Å². The molecule has 0 bridgehead atoms. The normalized spacial score (nSPS) is 26.9. The van der Waals surface area contributed by atoms with Gasteiger partial charge in [0.2, 0.25) is 0 Å². The van der Waals surface area contributed by atoms with E-state index in [0.717, 1.165) is 36.1 Å². The van der Waals surface area contributed by atoms with Crippen LogP contribution in [0.4, 0.5) is 0 Å². The summed E-state index contributed by atoms with van der Waals surface area (Å²) in [5, 5.41) is 3.33. The molecule has 0 radical (unpaired) electrons. The largest absolute Gasteiger partial charge is 0.381 e. The second kappa shape index (κ2) is 11.0. The molecule has 1 aliphatic heterocycles. The summed E-state index contributed by atoms with van der Waals surface area (Å²) in [4.78, 5) is 18.4. The summed E-state index contributed by atoms with van der Waals surface area (Å²) >= 11 is 1.73. The molecule has 0 spiro atoms. The Bertz CT molecular complexity index is 700. The average molecular weight is 430 g/mol. The van der Waals surface area contributed by atoms with E-state index in [-0.39, 0.29) is 5.92 Å². The van der Waals surface area contributed by atoms with Gasteiger partial charge in [-0.05, 0) is 62.4 Å². The Labute approximate surface area is 186 Å². The zero-order chi connectivity index (χ0) is 20.8. The molecule has 2 atom stereocenters. The molecule has 2 saturated carbocycles. The molecular formula is C26H39NO2S. The van der Waals surface area contributed by atoms with E-state index in [1.165, 1.54) is 82.7 Å². The van der Waals surface area contributed by atoms with Gasteiger partial charge < -0.3 is 4.74 Å². The van der Waals surface area contributed by atoms with Crippen LogP contribution < -0.4 is 0 Å². The van der Waals surface area contributed by atoms with Crippen LogP contribution >= 0.6 is 11.3 Å². The number of carbonyl (C=O) groups excluding carboxylic acids is 1. The van der Waals surface area contributed by atoms with Crippen molar-refractivity contribution in [1.82, 2.24) is 4.98 Å². The molecule has 2 heterocycles. The Hall–Kier alpha value is -1.00. The first-order chi connectivity index (χ1) is 14.7. The van der Waals surface area contributed by atoms with Crippen LogP contribution in [-0.4, -0.2) is 24.0 Å². The minimum absolute atomic E-state index is 0.181. The molecule has 3 aliphatic rings. The lowest BCUT2D eigenvalue weighted by atomic mass is 9.76. The number of hydrogen-bond donors (Lipinski definition) is 0. The van der Waals surface area contributed by atoms with E-state index in [1.54, 1.807) is 11.3 Å². The van der Waals surface area contributed by atoms with Crippen molar-refractivity contribution >= 4 is 17.1 Å². The fourth-order valence-electron chi connectivity index (χ4n) is 5.95. The number of carbonyl (C=O) groups is 1. The van der Waals surface area contributed by atoms with Gasteiger partial charge in [0.25, 0.3) is 0 Å². The molecule has 1 aromatic heterocycles. The summed E-state index contributed by atoms with van der Waals surface area (Å²) in [6, 6.07) is 0. The van der Waals surface area contributed by atoms with Gasteiger partial charge in [0.05, 0.1) is 10.7 Å². The van der Waals surface area contributed by atoms with Crippen molar-refractivity contribution in [2.45, 2.75) is 95.8 Å². The van der Waals surface area contributed by atoms with Crippen LogP contribution in [-0.2, 0) is 16.0 Å². The third kappa shape index (κ3) is 5.82. The molecule has 1 saturated heterocycles.